The van der Waals surface area contributed by atoms with Crippen LogP contribution in [0.25, 0.3) is 0 Å². The van der Waals surface area contributed by atoms with Gasteiger partial charge in [0.1, 0.15) is 6.33 Å². The Morgan fingerprint density at radius 3 is 2.82 bits per heavy atom. The molecular formula is C19H24N6O3. The maximum atomic E-state index is 12.4. The van der Waals surface area contributed by atoms with Crippen LogP contribution in [0.5, 0.6) is 0 Å². The Bertz CT molecular complexity index is 872. The van der Waals surface area contributed by atoms with E-state index in [1.54, 1.807) is 12.1 Å². The lowest BCUT2D eigenvalue weighted by Gasteiger charge is -2.35. The Balaban J connectivity index is 1.86. The monoisotopic (exact) mass is 384 g/mol. The number of nitrogens with zero attached hydrogens (tertiary/aromatic N) is 4. The Labute approximate surface area is 163 Å². The summed E-state index contributed by atoms with van der Waals surface area (Å²) in [5.74, 6) is -0.131. The maximum absolute atomic E-state index is 12.4. The van der Waals surface area contributed by atoms with Gasteiger partial charge in [0.2, 0.25) is 11.6 Å². The summed E-state index contributed by atoms with van der Waals surface area (Å²) < 4.78 is 0. The third kappa shape index (κ3) is 4.03. The summed E-state index contributed by atoms with van der Waals surface area (Å²) in [7, 11) is 0. The molecule has 1 aliphatic rings. The van der Waals surface area contributed by atoms with Gasteiger partial charge in [-0.25, -0.2) is 9.97 Å². The van der Waals surface area contributed by atoms with Crippen LogP contribution < -0.4 is 15.8 Å². The molecule has 9 nitrogen and oxygen atoms in total. The zero-order chi connectivity index (χ0) is 20.1. The molecule has 1 aromatic heterocycles. The van der Waals surface area contributed by atoms with E-state index in [1.165, 1.54) is 6.33 Å². The lowest BCUT2D eigenvalue weighted by Crippen LogP contribution is -2.40. The van der Waals surface area contributed by atoms with Gasteiger partial charge in [-0.3, -0.25) is 25.8 Å². The SMILES string of the molecule is CCC1CCCCN1c1ncnc(NNC(=O)c2ccccc2C)c1[N+](=O)[O-]. The molecule has 2 heterocycles. The fourth-order valence-corrected chi connectivity index (χ4v) is 3.55. The number of benzene rings is 1. The molecule has 0 saturated carbocycles. The first kappa shape index (κ1) is 19.5. The molecule has 1 aromatic carbocycles. The maximum Gasteiger partial charge on any atom is 0.355 e. The molecule has 1 atom stereocenters. The van der Waals surface area contributed by atoms with E-state index in [2.05, 4.69) is 27.7 Å². The zero-order valence-corrected chi connectivity index (χ0v) is 16.0. The fourth-order valence-electron chi connectivity index (χ4n) is 3.55. The molecule has 0 spiro atoms. The molecule has 1 saturated heterocycles. The van der Waals surface area contributed by atoms with Crippen LogP contribution in [0.3, 0.4) is 0 Å². The van der Waals surface area contributed by atoms with E-state index in [0.717, 1.165) is 31.2 Å². The molecule has 3 rings (SSSR count). The molecule has 0 radical (unpaired) electrons. The van der Waals surface area contributed by atoms with Gasteiger partial charge in [0.25, 0.3) is 5.91 Å². The van der Waals surface area contributed by atoms with Crippen molar-refractivity contribution >= 4 is 23.2 Å². The number of hydrogen-bond donors (Lipinski definition) is 2. The van der Waals surface area contributed by atoms with E-state index in [1.807, 2.05) is 24.0 Å². The van der Waals surface area contributed by atoms with Crippen LogP contribution in [0.15, 0.2) is 30.6 Å². The van der Waals surface area contributed by atoms with Gasteiger partial charge in [-0.05, 0) is 44.2 Å². The van der Waals surface area contributed by atoms with Crippen molar-refractivity contribution in [1.29, 1.82) is 0 Å². The Morgan fingerprint density at radius 1 is 1.32 bits per heavy atom. The van der Waals surface area contributed by atoms with Crippen molar-refractivity contribution in [2.24, 2.45) is 0 Å². The van der Waals surface area contributed by atoms with Crippen LogP contribution in [0.2, 0.25) is 0 Å². The number of aryl methyl sites for hydroxylation is 1. The molecule has 1 unspecified atom stereocenters. The van der Waals surface area contributed by atoms with Gasteiger partial charge in [0.05, 0.1) is 4.92 Å². The molecule has 2 aromatic rings. The molecular weight excluding hydrogens is 360 g/mol. The standard InChI is InChI=1S/C19H24N6O3/c1-3-14-9-6-7-11-24(14)18-16(25(27)28)17(20-12-21-18)22-23-19(26)15-10-5-4-8-13(15)2/h4-5,8,10,12,14H,3,6-7,9,11H2,1-2H3,(H,23,26)(H,20,21,22). The second-order valence-corrected chi connectivity index (χ2v) is 6.80. The summed E-state index contributed by atoms with van der Waals surface area (Å²) in [6.45, 7) is 4.60. The molecule has 9 heteroatoms. The summed E-state index contributed by atoms with van der Waals surface area (Å²) in [5, 5.41) is 11.8. The number of piperidine rings is 1. The number of nitrogens with one attached hydrogen (secondary N) is 2. The third-order valence-corrected chi connectivity index (χ3v) is 5.04. The number of amides is 1. The first-order valence-electron chi connectivity index (χ1n) is 9.41. The average molecular weight is 384 g/mol. The van der Waals surface area contributed by atoms with Crippen molar-refractivity contribution in [2.45, 2.75) is 45.6 Å². The summed E-state index contributed by atoms with van der Waals surface area (Å²) in [4.78, 5) is 33.9. The number of aromatic nitrogens is 2. The molecule has 1 fully saturated rings. The largest absolute Gasteiger partial charge is 0.355 e. The second kappa shape index (κ2) is 8.64. The highest BCUT2D eigenvalue weighted by molar-refractivity contribution is 5.96. The molecule has 1 amide bonds. The molecule has 0 bridgehead atoms. The number of hydrazine groups is 1. The lowest BCUT2D eigenvalue weighted by molar-refractivity contribution is -0.383. The Hall–Kier alpha value is -3.23. The first-order valence-corrected chi connectivity index (χ1v) is 9.41. The van der Waals surface area contributed by atoms with E-state index in [0.29, 0.717) is 17.9 Å². The number of hydrogen-bond acceptors (Lipinski definition) is 7. The van der Waals surface area contributed by atoms with E-state index in [-0.39, 0.29) is 17.5 Å². The van der Waals surface area contributed by atoms with E-state index in [4.69, 9.17) is 0 Å². The minimum Gasteiger partial charge on any atom is -0.348 e. The molecule has 28 heavy (non-hydrogen) atoms. The van der Waals surface area contributed by atoms with Gasteiger partial charge in [-0.15, -0.1) is 0 Å². The third-order valence-electron chi connectivity index (χ3n) is 5.04. The number of carbonyl (C=O) groups excluding carboxylic acids is 1. The van der Waals surface area contributed by atoms with Crippen molar-refractivity contribution in [3.05, 3.63) is 51.8 Å². The van der Waals surface area contributed by atoms with Crippen molar-refractivity contribution in [3.8, 4) is 0 Å². The van der Waals surface area contributed by atoms with Crippen molar-refractivity contribution in [1.82, 2.24) is 15.4 Å². The van der Waals surface area contributed by atoms with E-state index in [9.17, 15) is 14.9 Å². The topological polar surface area (TPSA) is 113 Å². The van der Waals surface area contributed by atoms with E-state index < -0.39 is 10.8 Å². The van der Waals surface area contributed by atoms with Gasteiger partial charge in [0.15, 0.2) is 0 Å². The lowest BCUT2D eigenvalue weighted by atomic mass is 10.00. The number of carbonyl (C=O) groups is 1. The van der Waals surface area contributed by atoms with Crippen LogP contribution in [0.1, 0.15) is 48.5 Å². The minimum atomic E-state index is -0.501. The second-order valence-electron chi connectivity index (χ2n) is 6.80. The van der Waals surface area contributed by atoms with Crippen molar-refractivity contribution in [2.75, 3.05) is 16.9 Å². The van der Waals surface area contributed by atoms with Crippen LogP contribution in [-0.4, -0.2) is 33.4 Å². The van der Waals surface area contributed by atoms with Crippen LogP contribution in [0, 0.1) is 17.0 Å². The molecule has 1 aliphatic heterocycles. The highest BCUT2D eigenvalue weighted by Gasteiger charge is 2.32. The van der Waals surface area contributed by atoms with Gasteiger partial charge >= 0.3 is 5.69 Å². The van der Waals surface area contributed by atoms with Crippen LogP contribution in [0.4, 0.5) is 17.3 Å². The highest BCUT2D eigenvalue weighted by Crippen LogP contribution is 2.35. The highest BCUT2D eigenvalue weighted by atomic mass is 16.6. The summed E-state index contributed by atoms with van der Waals surface area (Å²) in [6, 6.07) is 7.31. The quantitative estimate of drug-likeness (QED) is 0.580. The number of nitro groups is 1. The number of anilines is 2. The first-order chi connectivity index (χ1) is 13.5. The number of rotatable bonds is 6. The summed E-state index contributed by atoms with van der Waals surface area (Å²) in [5.41, 5.74) is 6.17. The normalized spacial score (nSPS) is 16.5. The predicted octanol–water partition coefficient (Wildman–Crippen LogP) is 3.22. The smallest absolute Gasteiger partial charge is 0.348 e. The van der Waals surface area contributed by atoms with Crippen LogP contribution >= 0.6 is 0 Å². The molecule has 148 valence electrons. The molecule has 0 aliphatic carbocycles. The van der Waals surface area contributed by atoms with Crippen molar-refractivity contribution in [3.63, 3.8) is 0 Å². The zero-order valence-electron chi connectivity index (χ0n) is 16.0. The van der Waals surface area contributed by atoms with Gasteiger partial charge in [-0.1, -0.05) is 25.1 Å². The summed E-state index contributed by atoms with van der Waals surface area (Å²) in [6.07, 6.45) is 5.21. The minimum absolute atomic E-state index is 0.0302. The van der Waals surface area contributed by atoms with Gasteiger partial charge < -0.3 is 4.90 Å². The fraction of sp³-hybridized carbons (Fsp3) is 0.421. The van der Waals surface area contributed by atoms with Crippen molar-refractivity contribution < 1.29 is 9.72 Å². The Kier molecular flexibility index (Phi) is 6.03. The molecule has 2 N–H and O–H groups in total. The van der Waals surface area contributed by atoms with Crippen LogP contribution in [-0.2, 0) is 0 Å². The van der Waals surface area contributed by atoms with E-state index >= 15 is 0 Å². The summed E-state index contributed by atoms with van der Waals surface area (Å²) >= 11 is 0. The predicted molar refractivity (Wildman–Crippen MR) is 106 cm³/mol. The average Bonchev–Trinajstić information content (AvgIpc) is 2.71. The van der Waals surface area contributed by atoms with Gasteiger partial charge in [0, 0.05) is 18.2 Å². The Morgan fingerprint density at radius 2 is 2.11 bits per heavy atom. The van der Waals surface area contributed by atoms with Gasteiger partial charge in [-0.2, -0.15) is 0 Å².